The molecular weight excluding hydrogens is 340 g/mol. The van der Waals surface area contributed by atoms with Crippen LogP contribution in [-0.2, 0) is 14.3 Å². The maximum Gasteiger partial charge on any atom is 0.513 e. The molecule has 2 aromatic rings. The van der Waals surface area contributed by atoms with Gasteiger partial charge in [0.2, 0.25) is 5.78 Å². The Morgan fingerprint density at radius 2 is 1.73 bits per heavy atom. The molecule has 0 saturated heterocycles. The first-order valence-electron chi connectivity index (χ1n) is 7.57. The number of hydrogen-bond acceptors (Lipinski definition) is 7. The third-order valence-corrected chi connectivity index (χ3v) is 3.71. The number of phenols is 1. The largest absolute Gasteiger partial charge is 0.513 e. The van der Waals surface area contributed by atoms with Crippen molar-refractivity contribution >= 4 is 29.7 Å². The average Bonchev–Trinajstić information content (AvgIpc) is 2.60. The van der Waals surface area contributed by atoms with Gasteiger partial charge in [0.15, 0.2) is 0 Å². The molecule has 132 valence electrons. The van der Waals surface area contributed by atoms with Crippen molar-refractivity contribution in [3.8, 4) is 11.5 Å². The number of ketones is 1. The van der Waals surface area contributed by atoms with Crippen LogP contribution < -0.4 is 4.74 Å². The number of hydrogen-bond donors (Lipinski definition) is 1. The lowest BCUT2D eigenvalue weighted by Crippen LogP contribution is -2.12. The SMILES string of the molecule is COC(=O)OC1=Cc2cc(C(=O)c3ccccc3OC(C)=O)c(O)cc21. The topological polar surface area (TPSA) is 99.1 Å². The van der Waals surface area contributed by atoms with Gasteiger partial charge in [-0.05, 0) is 35.9 Å². The van der Waals surface area contributed by atoms with Gasteiger partial charge in [-0.15, -0.1) is 0 Å². The molecule has 1 aliphatic rings. The first-order valence-corrected chi connectivity index (χ1v) is 7.57. The van der Waals surface area contributed by atoms with Crippen molar-refractivity contribution in [1.82, 2.24) is 0 Å². The maximum absolute atomic E-state index is 12.8. The molecule has 0 radical (unpaired) electrons. The fraction of sp³-hybridized carbons (Fsp3) is 0.105. The molecular formula is C19H14O7. The minimum Gasteiger partial charge on any atom is -0.507 e. The predicted molar refractivity (Wildman–Crippen MR) is 90.7 cm³/mol. The normalized spacial score (nSPS) is 11.5. The van der Waals surface area contributed by atoms with E-state index in [-0.39, 0.29) is 28.4 Å². The number of carbonyl (C=O) groups is 3. The first-order chi connectivity index (χ1) is 12.4. The smallest absolute Gasteiger partial charge is 0.507 e. The van der Waals surface area contributed by atoms with Gasteiger partial charge >= 0.3 is 12.1 Å². The average molecular weight is 354 g/mol. The fourth-order valence-electron chi connectivity index (χ4n) is 2.52. The number of fused-ring (bicyclic) bond motifs is 1. The summed E-state index contributed by atoms with van der Waals surface area (Å²) in [4.78, 5) is 35.1. The van der Waals surface area contributed by atoms with Crippen molar-refractivity contribution in [3.63, 3.8) is 0 Å². The number of phenolic OH excluding ortho intramolecular Hbond substituents is 1. The van der Waals surface area contributed by atoms with Crippen molar-refractivity contribution in [2.24, 2.45) is 0 Å². The van der Waals surface area contributed by atoms with Crippen molar-refractivity contribution < 1.29 is 33.7 Å². The molecule has 0 saturated carbocycles. The van der Waals surface area contributed by atoms with E-state index in [4.69, 9.17) is 9.47 Å². The zero-order valence-electron chi connectivity index (χ0n) is 13.9. The van der Waals surface area contributed by atoms with Gasteiger partial charge in [-0.1, -0.05) is 12.1 Å². The highest BCUT2D eigenvalue weighted by molar-refractivity contribution is 6.13. The lowest BCUT2D eigenvalue weighted by atomic mass is 9.90. The molecule has 1 N–H and O–H groups in total. The van der Waals surface area contributed by atoms with Gasteiger partial charge in [0, 0.05) is 12.5 Å². The van der Waals surface area contributed by atoms with Crippen molar-refractivity contribution in [1.29, 1.82) is 0 Å². The molecule has 7 heteroatoms. The molecule has 0 bridgehead atoms. The second-order valence-electron chi connectivity index (χ2n) is 5.44. The molecule has 0 spiro atoms. The zero-order valence-corrected chi connectivity index (χ0v) is 13.9. The number of rotatable bonds is 4. The molecule has 2 aromatic carbocycles. The van der Waals surface area contributed by atoms with Crippen molar-refractivity contribution in [3.05, 3.63) is 58.7 Å². The number of esters is 1. The molecule has 26 heavy (non-hydrogen) atoms. The minimum absolute atomic E-state index is 0.0386. The predicted octanol–water partition coefficient (Wildman–Crippen LogP) is 3.14. The van der Waals surface area contributed by atoms with Crippen LogP contribution in [0.25, 0.3) is 11.8 Å². The Hall–Kier alpha value is -3.61. The van der Waals surface area contributed by atoms with Gasteiger partial charge < -0.3 is 19.3 Å². The van der Waals surface area contributed by atoms with Gasteiger partial charge in [-0.25, -0.2) is 4.79 Å². The van der Waals surface area contributed by atoms with E-state index in [1.54, 1.807) is 18.2 Å². The van der Waals surface area contributed by atoms with E-state index in [0.717, 1.165) is 0 Å². The van der Waals surface area contributed by atoms with Crippen LogP contribution in [0.3, 0.4) is 0 Å². The quantitative estimate of drug-likeness (QED) is 0.511. The van der Waals surface area contributed by atoms with Gasteiger partial charge in [0.1, 0.15) is 17.3 Å². The van der Waals surface area contributed by atoms with Crippen LogP contribution in [0, 0.1) is 0 Å². The third kappa shape index (κ3) is 3.14. The number of benzene rings is 2. The highest BCUT2D eigenvalue weighted by atomic mass is 16.7. The molecule has 0 aliphatic heterocycles. The number of aromatic hydroxyl groups is 1. The summed E-state index contributed by atoms with van der Waals surface area (Å²) in [5.41, 5.74) is 1.29. The van der Waals surface area contributed by atoms with Crippen LogP contribution in [0.5, 0.6) is 11.5 Å². The first kappa shape index (κ1) is 17.2. The molecule has 0 amide bonds. The lowest BCUT2D eigenvalue weighted by molar-refractivity contribution is -0.131. The highest BCUT2D eigenvalue weighted by Crippen LogP contribution is 2.39. The summed E-state index contributed by atoms with van der Waals surface area (Å²) in [6, 6.07) is 9.05. The second kappa shape index (κ2) is 6.72. The van der Waals surface area contributed by atoms with Crippen LogP contribution in [0.2, 0.25) is 0 Å². The summed E-state index contributed by atoms with van der Waals surface area (Å²) < 4.78 is 14.4. The lowest BCUT2D eigenvalue weighted by Gasteiger charge is -2.20. The number of carbonyl (C=O) groups excluding carboxylic acids is 3. The van der Waals surface area contributed by atoms with Crippen LogP contribution in [0.15, 0.2) is 36.4 Å². The van der Waals surface area contributed by atoms with Crippen LogP contribution in [0.4, 0.5) is 4.79 Å². The Morgan fingerprint density at radius 3 is 2.42 bits per heavy atom. The summed E-state index contributed by atoms with van der Waals surface area (Å²) in [5, 5.41) is 10.2. The van der Waals surface area contributed by atoms with E-state index < -0.39 is 17.9 Å². The Morgan fingerprint density at radius 1 is 1.00 bits per heavy atom. The Balaban J connectivity index is 1.92. The fourth-order valence-corrected chi connectivity index (χ4v) is 2.52. The van der Waals surface area contributed by atoms with Gasteiger partial charge in [-0.3, -0.25) is 9.59 Å². The van der Waals surface area contributed by atoms with Crippen LogP contribution >= 0.6 is 0 Å². The molecule has 0 heterocycles. The van der Waals surface area contributed by atoms with Gasteiger partial charge in [0.25, 0.3) is 0 Å². The van der Waals surface area contributed by atoms with E-state index in [0.29, 0.717) is 11.1 Å². The zero-order chi connectivity index (χ0) is 18.8. The van der Waals surface area contributed by atoms with E-state index in [1.807, 2.05) is 0 Å². The Bertz CT molecular complexity index is 956. The summed E-state index contributed by atoms with van der Waals surface area (Å²) in [6.45, 7) is 1.23. The van der Waals surface area contributed by atoms with Crippen LogP contribution in [0.1, 0.15) is 34.0 Å². The minimum atomic E-state index is -0.878. The molecule has 0 aromatic heterocycles. The molecule has 3 rings (SSSR count). The van der Waals surface area contributed by atoms with Crippen molar-refractivity contribution in [2.75, 3.05) is 7.11 Å². The van der Waals surface area contributed by atoms with E-state index >= 15 is 0 Å². The van der Waals surface area contributed by atoms with Gasteiger partial charge in [0.05, 0.1) is 18.2 Å². The molecule has 7 nitrogen and oxygen atoms in total. The van der Waals surface area contributed by atoms with E-state index in [9.17, 15) is 19.5 Å². The van der Waals surface area contributed by atoms with Gasteiger partial charge in [-0.2, -0.15) is 0 Å². The summed E-state index contributed by atoms with van der Waals surface area (Å²) in [5.74, 6) is -0.999. The maximum atomic E-state index is 12.8. The van der Waals surface area contributed by atoms with Crippen molar-refractivity contribution in [2.45, 2.75) is 6.92 Å². The Labute approximate surface area is 148 Å². The second-order valence-corrected chi connectivity index (χ2v) is 5.44. The number of ether oxygens (including phenoxy) is 3. The molecule has 0 atom stereocenters. The monoisotopic (exact) mass is 354 g/mol. The number of methoxy groups -OCH3 is 1. The summed E-state index contributed by atoms with van der Waals surface area (Å²) in [7, 11) is 1.18. The highest BCUT2D eigenvalue weighted by Gasteiger charge is 2.26. The molecule has 0 unspecified atom stereocenters. The summed E-state index contributed by atoms with van der Waals surface area (Å²) >= 11 is 0. The Kier molecular flexibility index (Phi) is 4.45. The summed E-state index contributed by atoms with van der Waals surface area (Å²) in [6.07, 6.45) is 0.664. The van der Waals surface area contributed by atoms with E-state index in [2.05, 4.69) is 4.74 Å². The standard InChI is InChI=1S/C19H14O7/c1-10(20)25-16-6-4-3-5-12(16)18(22)14-7-11-8-17(26-19(23)24-2)13(11)9-15(14)21/h3-9,21H,1-2H3. The molecule has 1 aliphatic carbocycles. The molecule has 0 fully saturated rings. The van der Waals surface area contributed by atoms with Crippen LogP contribution in [-0.4, -0.2) is 30.1 Å². The number of para-hydroxylation sites is 1. The van der Waals surface area contributed by atoms with E-state index in [1.165, 1.54) is 38.3 Å². The third-order valence-electron chi connectivity index (χ3n) is 3.71.